The maximum absolute atomic E-state index is 11.4. The minimum atomic E-state index is -0.536. The molecule has 0 aliphatic heterocycles. The van der Waals surface area contributed by atoms with E-state index in [2.05, 4.69) is 25.0 Å². The first-order chi connectivity index (χ1) is 9.72. The molecule has 2 rings (SSSR count). The smallest absolute Gasteiger partial charge is 0.358 e. The third-order valence-electron chi connectivity index (χ3n) is 2.33. The first kappa shape index (κ1) is 13.7. The molecule has 0 saturated carbocycles. The maximum atomic E-state index is 11.4. The third kappa shape index (κ3) is 3.41. The van der Waals surface area contributed by atoms with Crippen LogP contribution in [0.3, 0.4) is 0 Å². The Hall–Kier alpha value is -2.70. The summed E-state index contributed by atoms with van der Waals surface area (Å²) in [5.74, 6) is 0.442. The lowest BCUT2D eigenvalue weighted by atomic mass is 10.4. The molecule has 0 saturated heterocycles. The molecule has 0 radical (unpaired) electrons. The van der Waals surface area contributed by atoms with Crippen LogP contribution in [0, 0.1) is 0 Å². The van der Waals surface area contributed by atoms with Crippen LogP contribution in [0.15, 0.2) is 30.7 Å². The molecule has 0 fully saturated rings. The van der Waals surface area contributed by atoms with Gasteiger partial charge in [0.1, 0.15) is 5.82 Å². The molecule has 2 aromatic heterocycles. The number of hydrogen-bond donors (Lipinski definition) is 1. The molecule has 104 valence electrons. The van der Waals surface area contributed by atoms with Crippen molar-refractivity contribution in [2.24, 2.45) is 0 Å². The molecule has 0 atom stereocenters. The minimum Gasteiger partial charge on any atom is -0.478 e. The third-order valence-corrected chi connectivity index (χ3v) is 2.33. The van der Waals surface area contributed by atoms with Crippen LogP contribution >= 0.6 is 0 Å². The second-order valence-corrected chi connectivity index (χ2v) is 3.72. The van der Waals surface area contributed by atoms with Gasteiger partial charge >= 0.3 is 5.97 Å². The highest BCUT2D eigenvalue weighted by Crippen LogP contribution is 2.16. The Balaban J connectivity index is 2.11. The van der Waals surface area contributed by atoms with Crippen LogP contribution in [0.1, 0.15) is 17.4 Å². The molecule has 0 spiro atoms. The monoisotopic (exact) mass is 274 g/mol. The van der Waals surface area contributed by atoms with Crippen LogP contribution in [0.25, 0.3) is 0 Å². The van der Waals surface area contributed by atoms with Crippen molar-refractivity contribution in [3.05, 3.63) is 36.4 Å². The van der Waals surface area contributed by atoms with Crippen LogP contribution < -0.4 is 10.1 Å². The van der Waals surface area contributed by atoms with Gasteiger partial charge in [0.15, 0.2) is 5.69 Å². The first-order valence-corrected chi connectivity index (χ1v) is 5.99. The van der Waals surface area contributed by atoms with Crippen molar-refractivity contribution in [1.29, 1.82) is 0 Å². The van der Waals surface area contributed by atoms with Crippen LogP contribution in [-0.4, -0.2) is 34.6 Å². The predicted octanol–water partition coefficient (Wildman–Crippen LogP) is 1.80. The van der Waals surface area contributed by atoms with Gasteiger partial charge in [-0.05, 0) is 13.0 Å². The van der Waals surface area contributed by atoms with Gasteiger partial charge in [0.2, 0.25) is 5.88 Å². The topological polar surface area (TPSA) is 86.2 Å². The number of carbonyl (C=O) groups is 1. The minimum absolute atomic E-state index is 0.136. The highest BCUT2D eigenvalue weighted by molar-refractivity contribution is 5.87. The normalized spacial score (nSPS) is 9.90. The number of pyridine rings is 1. The number of methoxy groups -OCH3 is 1. The lowest BCUT2D eigenvalue weighted by molar-refractivity contribution is 0.0593. The zero-order chi connectivity index (χ0) is 14.4. The molecule has 7 nitrogen and oxygen atoms in total. The van der Waals surface area contributed by atoms with Gasteiger partial charge in [-0.25, -0.2) is 14.8 Å². The molecule has 0 aliphatic carbocycles. The van der Waals surface area contributed by atoms with Crippen molar-refractivity contribution in [2.75, 3.05) is 19.0 Å². The van der Waals surface area contributed by atoms with E-state index >= 15 is 0 Å². The molecule has 0 aliphatic rings. The molecule has 0 bridgehead atoms. The molecular weight excluding hydrogens is 260 g/mol. The fraction of sp³-hybridized carbons (Fsp3) is 0.231. The largest absolute Gasteiger partial charge is 0.478 e. The molecule has 0 aromatic carbocycles. The fourth-order valence-electron chi connectivity index (χ4n) is 1.46. The Morgan fingerprint density at radius 2 is 2.15 bits per heavy atom. The fourth-order valence-corrected chi connectivity index (χ4v) is 1.46. The number of carbonyl (C=O) groups excluding carboxylic acids is 1. The van der Waals surface area contributed by atoms with E-state index in [0.717, 1.165) is 0 Å². The molecule has 0 unspecified atom stereocenters. The van der Waals surface area contributed by atoms with Crippen molar-refractivity contribution in [3.8, 4) is 5.88 Å². The average Bonchev–Trinajstić information content (AvgIpc) is 2.49. The number of anilines is 2. The Morgan fingerprint density at radius 3 is 2.80 bits per heavy atom. The zero-order valence-corrected chi connectivity index (χ0v) is 11.2. The number of hydrogen-bond acceptors (Lipinski definition) is 7. The lowest BCUT2D eigenvalue weighted by Gasteiger charge is -2.07. The summed E-state index contributed by atoms with van der Waals surface area (Å²) in [5.41, 5.74) is 0.848. The molecule has 20 heavy (non-hydrogen) atoms. The van der Waals surface area contributed by atoms with Crippen molar-refractivity contribution >= 4 is 17.5 Å². The van der Waals surface area contributed by atoms with Gasteiger partial charge in [0, 0.05) is 6.07 Å². The molecule has 2 aromatic rings. The van der Waals surface area contributed by atoms with Crippen molar-refractivity contribution in [1.82, 2.24) is 15.0 Å². The number of nitrogens with one attached hydrogen (secondary N) is 1. The highest BCUT2D eigenvalue weighted by atomic mass is 16.5. The van der Waals surface area contributed by atoms with Crippen LogP contribution in [-0.2, 0) is 4.74 Å². The number of ether oxygens (including phenoxy) is 2. The summed E-state index contributed by atoms with van der Waals surface area (Å²) in [6, 6.07) is 3.54. The quantitative estimate of drug-likeness (QED) is 0.832. The van der Waals surface area contributed by atoms with Crippen molar-refractivity contribution in [3.63, 3.8) is 0 Å². The molecule has 7 heteroatoms. The molecular formula is C13H14N4O3. The van der Waals surface area contributed by atoms with Crippen LogP contribution in [0.2, 0.25) is 0 Å². The molecule has 0 amide bonds. The predicted molar refractivity (Wildman–Crippen MR) is 72.1 cm³/mol. The van der Waals surface area contributed by atoms with Crippen LogP contribution in [0.4, 0.5) is 11.5 Å². The maximum Gasteiger partial charge on any atom is 0.358 e. The van der Waals surface area contributed by atoms with Gasteiger partial charge in [0.05, 0.1) is 38.0 Å². The number of aromatic nitrogens is 3. The second-order valence-electron chi connectivity index (χ2n) is 3.72. The van der Waals surface area contributed by atoms with Gasteiger partial charge in [-0.15, -0.1) is 0 Å². The van der Waals surface area contributed by atoms with E-state index in [-0.39, 0.29) is 5.69 Å². The Morgan fingerprint density at radius 1 is 1.30 bits per heavy atom. The summed E-state index contributed by atoms with van der Waals surface area (Å²) >= 11 is 0. The van der Waals surface area contributed by atoms with Crippen LogP contribution in [0.5, 0.6) is 5.88 Å². The SMILES string of the molecule is CCOc1ccc(Nc2cncc(C(=O)OC)n2)cn1. The van der Waals surface area contributed by atoms with Gasteiger partial charge in [0.25, 0.3) is 0 Å². The zero-order valence-electron chi connectivity index (χ0n) is 11.2. The van der Waals surface area contributed by atoms with Crippen molar-refractivity contribution in [2.45, 2.75) is 6.92 Å². The van der Waals surface area contributed by atoms with E-state index in [4.69, 9.17) is 4.74 Å². The number of esters is 1. The Kier molecular flexibility index (Phi) is 4.43. The van der Waals surface area contributed by atoms with E-state index in [9.17, 15) is 4.79 Å². The molecule has 1 N–H and O–H groups in total. The van der Waals surface area contributed by atoms with Gasteiger partial charge < -0.3 is 14.8 Å². The summed E-state index contributed by atoms with van der Waals surface area (Å²) < 4.78 is 9.83. The van der Waals surface area contributed by atoms with E-state index in [1.807, 2.05) is 6.92 Å². The number of rotatable bonds is 5. The summed E-state index contributed by atoms with van der Waals surface area (Å²) in [5, 5.41) is 2.99. The van der Waals surface area contributed by atoms with Gasteiger partial charge in [-0.1, -0.05) is 0 Å². The lowest BCUT2D eigenvalue weighted by Crippen LogP contribution is -2.06. The summed E-state index contributed by atoms with van der Waals surface area (Å²) in [6.45, 7) is 2.45. The number of nitrogens with zero attached hydrogens (tertiary/aromatic N) is 3. The summed E-state index contributed by atoms with van der Waals surface area (Å²) in [6.07, 6.45) is 4.45. The van der Waals surface area contributed by atoms with E-state index < -0.39 is 5.97 Å². The Bertz CT molecular complexity index is 586. The average molecular weight is 274 g/mol. The van der Waals surface area contributed by atoms with Gasteiger partial charge in [-0.2, -0.15) is 0 Å². The van der Waals surface area contributed by atoms with E-state index in [1.54, 1.807) is 18.3 Å². The second kappa shape index (κ2) is 6.46. The standard InChI is InChI=1S/C13H14N4O3/c1-3-20-12-5-4-9(6-15-12)16-11-8-14-7-10(17-11)13(18)19-2/h4-8H,3H2,1-2H3,(H,16,17). The first-order valence-electron chi connectivity index (χ1n) is 5.99. The summed E-state index contributed by atoms with van der Waals surface area (Å²) in [7, 11) is 1.29. The molecule has 2 heterocycles. The Labute approximate surface area is 116 Å². The van der Waals surface area contributed by atoms with E-state index in [0.29, 0.717) is 24.0 Å². The van der Waals surface area contributed by atoms with E-state index in [1.165, 1.54) is 19.5 Å². The van der Waals surface area contributed by atoms with Crippen molar-refractivity contribution < 1.29 is 14.3 Å². The highest BCUT2D eigenvalue weighted by Gasteiger charge is 2.08. The summed E-state index contributed by atoms with van der Waals surface area (Å²) in [4.78, 5) is 23.5. The van der Waals surface area contributed by atoms with Gasteiger partial charge in [-0.3, -0.25) is 4.98 Å².